The van der Waals surface area contributed by atoms with E-state index >= 15 is 0 Å². The summed E-state index contributed by atoms with van der Waals surface area (Å²) in [5.74, 6) is 0.0108. The monoisotopic (exact) mass is 354 g/mol. The molecule has 130 valence electrons. The van der Waals surface area contributed by atoms with Gasteiger partial charge in [0.2, 0.25) is 0 Å². The third-order valence-corrected chi connectivity index (χ3v) is 5.22. The topological polar surface area (TPSA) is 37.6 Å². The summed E-state index contributed by atoms with van der Waals surface area (Å²) in [6, 6.07) is 15.8. The molecule has 0 unspecified atom stereocenters. The van der Waals surface area contributed by atoms with Gasteiger partial charge in [0, 0.05) is 5.56 Å². The first-order valence-corrected chi connectivity index (χ1v) is 9.45. The van der Waals surface area contributed by atoms with E-state index in [0.717, 1.165) is 28.3 Å². The van der Waals surface area contributed by atoms with Crippen molar-refractivity contribution in [2.24, 2.45) is 0 Å². The Hall–Kier alpha value is -2.24. The SMILES string of the molecule is CCc1ccc2nc(N(CC[NH+](C)C)C(=O)c3ccccc3)sc2c1. The third-order valence-electron chi connectivity index (χ3n) is 4.18. The summed E-state index contributed by atoms with van der Waals surface area (Å²) >= 11 is 1.59. The lowest BCUT2D eigenvalue weighted by Crippen LogP contribution is -3.06. The van der Waals surface area contributed by atoms with Gasteiger partial charge >= 0.3 is 0 Å². The largest absolute Gasteiger partial charge is 0.338 e. The van der Waals surface area contributed by atoms with Crippen LogP contribution in [0, 0.1) is 0 Å². The predicted molar refractivity (Wildman–Crippen MR) is 105 cm³/mol. The van der Waals surface area contributed by atoms with Crippen LogP contribution in [0.4, 0.5) is 5.13 Å². The van der Waals surface area contributed by atoms with Crippen molar-refractivity contribution in [3.8, 4) is 0 Å². The number of nitrogens with one attached hydrogen (secondary N) is 1. The van der Waals surface area contributed by atoms with Gasteiger partial charge in [-0.3, -0.25) is 9.69 Å². The van der Waals surface area contributed by atoms with Crippen molar-refractivity contribution in [3.63, 3.8) is 0 Å². The first-order chi connectivity index (χ1) is 12.1. The molecule has 4 nitrogen and oxygen atoms in total. The number of likely N-dealkylation sites (N-methyl/N-ethyl adjacent to an activating group) is 1. The van der Waals surface area contributed by atoms with E-state index in [-0.39, 0.29) is 5.91 Å². The molecule has 0 bridgehead atoms. The Balaban J connectivity index is 1.97. The van der Waals surface area contributed by atoms with E-state index in [4.69, 9.17) is 4.98 Å². The predicted octanol–water partition coefficient (Wildman–Crippen LogP) is 2.65. The Labute approximate surface area is 152 Å². The van der Waals surface area contributed by atoms with Gasteiger partial charge in [-0.25, -0.2) is 4.98 Å². The highest BCUT2D eigenvalue weighted by Crippen LogP contribution is 2.30. The number of benzene rings is 2. The number of hydrogen-bond donors (Lipinski definition) is 1. The van der Waals surface area contributed by atoms with Gasteiger partial charge in [-0.05, 0) is 36.2 Å². The molecule has 2 aromatic carbocycles. The number of aromatic nitrogens is 1. The van der Waals surface area contributed by atoms with Crippen molar-refractivity contribution in [1.82, 2.24) is 4.98 Å². The molecule has 5 heteroatoms. The van der Waals surface area contributed by atoms with Crippen LogP contribution in [0.5, 0.6) is 0 Å². The number of hydrogen-bond acceptors (Lipinski definition) is 3. The highest BCUT2D eigenvalue weighted by atomic mass is 32.1. The molecule has 0 saturated heterocycles. The standard InChI is InChI=1S/C20H23N3OS/c1-4-15-10-11-17-18(14-15)25-20(21-17)23(13-12-22(2)3)19(24)16-8-6-5-7-9-16/h5-11,14H,4,12-13H2,1-3H3/p+1. The van der Waals surface area contributed by atoms with E-state index in [1.54, 1.807) is 11.3 Å². The lowest BCUT2D eigenvalue weighted by molar-refractivity contribution is -0.856. The van der Waals surface area contributed by atoms with Gasteiger partial charge in [0.25, 0.3) is 5.91 Å². The quantitative estimate of drug-likeness (QED) is 0.739. The fourth-order valence-corrected chi connectivity index (χ4v) is 3.70. The fraction of sp³-hybridized carbons (Fsp3) is 0.300. The molecule has 0 spiro atoms. The second-order valence-corrected chi connectivity index (χ2v) is 7.44. The molecule has 3 aromatic rings. The molecular weight excluding hydrogens is 330 g/mol. The van der Waals surface area contributed by atoms with Crippen LogP contribution in [0.15, 0.2) is 48.5 Å². The number of carbonyl (C=O) groups excluding carboxylic acids is 1. The van der Waals surface area contributed by atoms with E-state index in [9.17, 15) is 4.79 Å². The van der Waals surface area contributed by atoms with Crippen molar-refractivity contribution in [3.05, 3.63) is 59.7 Å². The second-order valence-electron chi connectivity index (χ2n) is 6.43. The van der Waals surface area contributed by atoms with Crippen LogP contribution in [0.2, 0.25) is 0 Å². The van der Waals surface area contributed by atoms with Gasteiger partial charge in [0.1, 0.15) is 0 Å². The van der Waals surface area contributed by atoms with Crippen LogP contribution >= 0.6 is 11.3 Å². The van der Waals surface area contributed by atoms with Gasteiger partial charge in [-0.2, -0.15) is 0 Å². The normalized spacial score (nSPS) is 11.2. The number of aryl methyl sites for hydroxylation is 1. The van der Waals surface area contributed by atoms with Crippen LogP contribution in [0.25, 0.3) is 10.2 Å². The van der Waals surface area contributed by atoms with Crippen molar-refractivity contribution >= 4 is 32.6 Å². The number of thiazole rings is 1. The molecule has 1 aromatic heterocycles. The Morgan fingerprint density at radius 3 is 2.60 bits per heavy atom. The number of amides is 1. The summed E-state index contributed by atoms with van der Waals surface area (Å²) < 4.78 is 1.14. The number of quaternary nitrogens is 1. The molecule has 0 fully saturated rings. The average Bonchev–Trinajstić information content (AvgIpc) is 3.04. The lowest BCUT2D eigenvalue weighted by atomic mass is 10.2. The summed E-state index contributed by atoms with van der Waals surface area (Å²) in [5.41, 5.74) is 2.95. The number of rotatable bonds is 6. The van der Waals surface area contributed by atoms with Gasteiger partial charge in [-0.15, -0.1) is 0 Å². The summed E-state index contributed by atoms with van der Waals surface area (Å²) in [6.45, 7) is 3.67. The molecule has 25 heavy (non-hydrogen) atoms. The highest BCUT2D eigenvalue weighted by molar-refractivity contribution is 7.22. The highest BCUT2D eigenvalue weighted by Gasteiger charge is 2.22. The maximum absolute atomic E-state index is 13.0. The Kier molecular flexibility index (Phi) is 5.46. The minimum absolute atomic E-state index is 0.0108. The summed E-state index contributed by atoms with van der Waals surface area (Å²) in [7, 11) is 4.19. The number of fused-ring (bicyclic) bond motifs is 1. The van der Waals surface area contributed by atoms with Crippen LogP contribution in [-0.4, -0.2) is 38.1 Å². The Bertz CT molecular complexity index is 858. The van der Waals surface area contributed by atoms with Crippen LogP contribution < -0.4 is 9.80 Å². The molecule has 0 saturated carbocycles. The smallest absolute Gasteiger partial charge is 0.260 e. The van der Waals surface area contributed by atoms with Crippen molar-refractivity contribution < 1.29 is 9.69 Å². The van der Waals surface area contributed by atoms with Gasteiger partial charge in [0.05, 0.1) is 37.4 Å². The number of anilines is 1. The second kappa shape index (κ2) is 7.76. The Morgan fingerprint density at radius 1 is 1.16 bits per heavy atom. The first-order valence-electron chi connectivity index (χ1n) is 8.64. The van der Waals surface area contributed by atoms with Gasteiger partial charge in [-0.1, -0.05) is 42.5 Å². The summed E-state index contributed by atoms with van der Waals surface area (Å²) in [4.78, 5) is 20.9. The average molecular weight is 354 g/mol. The van der Waals surface area contributed by atoms with Crippen LogP contribution in [-0.2, 0) is 6.42 Å². The summed E-state index contributed by atoms with van der Waals surface area (Å²) in [5, 5.41) is 0.776. The first kappa shape index (κ1) is 17.6. The molecule has 0 radical (unpaired) electrons. The molecule has 1 N–H and O–H groups in total. The van der Waals surface area contributed by atoms with E-state index in [1.165, 1.54) is 10.5 Å². The molecule has 0 aliphatic carbocycles. The molecule has 1 heterocycles. The van der Waals surface area contributed by atoms with Gasteiger partial charge in [0.15, 0.2) is 5.13 Å². The van der Waals surface area contributed by atoms with Crippen molar-refractivity contribution in [1.29, 1.82) is 0 Å². The number of carbonyl (C=O) groups is 1. The number of nitrogens with zero attached hydrogens (tertiary/aromatic N) is 2. The van der Waals surface area contributed by atoms with E-state index in [2.05, 4.69) is 39.2 Å². The summed E-state index contributed by atoms with van der Waals surface area (Å²) in [6.07, 6.45) is 1.000. The van der Waals surface area contributed by atoms with E-state index in [1.807, 2.05) is 35.2 Å². The third kappa shape index (κ3) is 4.06. The minimum atomic E-state index is 0.0108. The molecular formula is C20H24N3OS+. The molecule has 1 amide bonds. The maximum atomic E-state index is 13.0. The minimum Gasteiger partial charge on any atom is -0.338 e. The lowest BCUT2D eigenvalue weighted by Gasteiger charge is -2.20. The fourth-order valence-electron chi connectivity index (χ4n) is 2.65. The zero-order valence-corrected chi connectivity index (χ0v) is 15.8. The molecule has 0 aliphatic rings. The molecule has 0 aliphatic heterocycles. The van der Waals surface area contributed by atoms with Gasteiger partial charge < -0.3 is 4.90 Å². The zero-order valence-electron chi connectivity index (χ0n) is 15.0. The van der Waals surface area contributed by atoms with Crippen LogP contribution in [0.3, 0.4) is 0 Å². The maximum Gasteiger partial charge on any atom is 0.260 e. The van der Waals surface area contributed by atoms with Crippen molar-refractivity contribution in [2.75, 3.05) is 32.1 Å². The zero-order chi connectivity index (χ0) is 17.8. The van der Waals surface area contributed by atoms with Crippen LogP contribution in [0.1, 0.15) is 22.8 Å². The molecule has 0 atom stereocenters. The Morgan fingerprint density at radius 2 is 1.92 bits per heavy atom. The molecule has 3 rings (SSSR count). The van der Waals surface area contributed by atoms with E-state index in [0.29, 0.717) is 12.1 Å². The van der Waals surface area contributed by atoms with E-state index < -0.39 is 0 Å². The van der Waals surface area contributed by atoms with Crippen molar-refractivity contribution in [2.45, 2.75) is 13.3 Å².